The molecule has 0 amide bonds. The van der Waals surface area contributed by atoms with Crippen LogP contribution in [0.2, 0.25) is 0 Å². The molecule has 4 nitrogen and oxygen atoms in total. The van der Waals surface area contributed by atoms with Crippen LogP contribution in [0.25, 0.3) is 66.9 Å². The first-order chi connectivity index (χ1) is 17.3. The number of furan rings is 1. The fraction of sp³-hybridized carbons (Fsp3) is 0. The average molecular weight is 450 g/mol. The molecule has 0 unspecified atom stereocenters. The minimum atomic E-state index is 0.616. The Morgan fingerprint density at radius 1 is 0.429 bits per heavy atom. The molecule has 0 radical (unpaired) electrons. The number of nitrogens with zero attached hydrogens (tertiary/aromatic N) is 3. The standard InChI is InChI=1S/C31H19N3O/c1-3-10-21(11-4-1)29-32-30(22-12-5-2-6-13-22)34-31(33-29)23-15-17-25-27(19-23)35-26-18-16-20-9-7-8-14-24(20)28(25)26/h1-19H. The van der Waals surface area contributed by atoms with Crippen LogP contribution in [0.1, 0.15) is 0 Å². The second-order valence-electron chi connectivity index (χ2n) is 8.51. The van der Waals surface area contributed by atoms with Gasteiger partial charge >= 0.3 is 0 Å². The molecule has 0 aliphatic rings. The van der Waals surface area contributed by atoms with Crippen LogP contribution in [0.15, 0.2) is 120 Å². The van der Waals surface area contributed by atoms with Crippen LogP contribution < -0.4 is 0 Å². The van der Waals surface area contributed by atoms with E-state index < -0.39 is 0 Å². The smallest absolute Gasteiger partial charge is 0.164 e. The van der Waals surface area contributed by atoms with Crippen LogP contribution in [0.3, 0.4) is 0 Å². The van der Waals surface area contributed by atoms with Crippen LogP contribution in [0.5, 0.6) is 0 Å². The van der Waals surface area contributed by atoms with E-state index in [9.17, 15) is 0 Å². The molecule has 2 heterocycles. The van der Waals surface area contributed by atoms with Gasteiger partial charge in [0.25, 0.3) is 0 Å². The predicted octanol–water partition coefficient (Wildman–Crippen LogP) is 7.93. The maximum atomic E-state index is 6.28. The summed E-state index contributed by atoms with van der Waals surface area (Å²) in [5.41, 5.74) is 4.48. The lowest BCUT2D eigenvalue weighted by Crippen LogP contribution is -2.00. The van der Waals surface area contributed by atoms with Crippen molar-refractivity contribution in [2.45, 2.75) is 0 Å². The van der Waals surface area contributed by atoms with E-state index in [4.69, 9.17) is 19.4 Å². The van der Waals surface area contributed by atoms with E-state index in [1.165, 1.54) is 10.8 Å². The highest BCUT2D eigenvalue weighted by Gasteiger charge is 2.15. The van der Waals surface area contributed by atoms with Crippen molar-refractivity contribution in [1.82, 2.24) is 15.0 Å². The molecule has 35 heavy (non-hydrogen) atoms. The van der Waals surface area contributed by atoms with Crippen molar-refractivity contribution in [3.05, 3.63) is 115 Å². The largest absolute Gasteiger partial charge is 0.456 e. The number of benzene rings is 5. The Labute approximate surface area is 201 Å². The van der Waals surface area contributed by atoms with Gasteiger partial charge in [0.2, 0.25) is 0 Å². The molecule has 7 aromatic rings. The zero-order chi connectivity index (χ0) is 23.2. The van der Waals surface area contributed by atoms with E-state index in [-0.39, 0.29) is 0 Å². The zero-order valence-corrected chi connectivity index (χ0v) is 18.7. The van der Waals surface area contributed by atoms with E-state index in [2.05, 4.69) is 42.5 Å². The number of rotatable bonds is 3. The Bertz CT molecular complexity index is 1780. The molecule has 0 saturated carbocycles. The van der Waals surface area contributed by atoms with Gasteiger partial charge in [0, 0.05) is 27.5 Å². The van der Waals surface area contributed by atoms with E-state index in [1.54, 1.807) is 0 Å². The first-order valence-corrected chi connectivity index (χ1v) is 11.5. The van der Waals surface area contributed by atoms with E-state index >= 15 is 0 Å². The molecule has 0 spiro atoms. The predicted molar refractivity (Wildman–Crippen MR) is 141 cm³/mol. The first-order valence-electron chi connectivity index (χ1n) is 11.5. The molecule has 0 aliphatic carbocycles. The van der Waals surface area contributed by atoms with Crippen LogP contribution in [0.4, 0.5) is 0 Å². The quantitative estimate of drug-likeness (QED) is 0.275. The Hall–Kier alpha value is -4.83. The second-order valence-corrected chi connectivity index (χ2v) is 8.51. The fourth-order valence-electron chi connectivity index (χ4n) is 4.62. The molecule has 5 aromatic carbocycles. The first kappa shape index (κ1) is 19.6. The van der Waals surface area contributed by atoms with E-state index in [0.29, 0.717) is 17.5 Å². The van der Waals surface area contributed by atoms with Gasteiger partial charge in [-0.05, 0) is 29.0 Å². The van der Waals surface area contributed by atoms with E-state index in [0.717, 1.165) is 38.6 Å². The summed E-state index contributed by atoms with van der Waals surface area (Å²) in [6, 6.07) is 38.8. The van der Waals surface area contributed by atoms with Gasteiger partial charge in [-0.15, -0.1) is 0 Å². The summed E-state index contributed by atoms with van der Waals surface area (Å²) in [4.78, 5) is 14.5. The molecule has 0 fully saturated rings. The van der Waals surface area contributed by atoms with Crippen molar-refractivity contribution in [2.24, 2.45) is 0 Å². The molecular formula is C31H19N3O. The molecular weight excluding hydrogens is 430 g/mol. The van der Waals surface area contributed by atoms with Gasteiger partial charge in [0.05, 0.1) is 0 Å². The fourth-order valence-corrected chi connectivity index (χ4v) is 4.62. The van der Waals surface area contributed by atoms with Crippen molar-refractivity contribution in [1.29, 1.82) is 0 Å². The lowest BCUT2D eigenvalue weighted by molar-refractivity contribution is 0.669. The third kappa shape index (κ3) is 3.35. The Kier molecular flexibility index (Phi) is 4.42. The number of hydrogen-bond donors (Lipinski definition) is 0. The highest BCUT2D eigenvalue weighted by atomic mass is 16.3. The third-order valence-electron chi connectivity index (χ3n) is 6.32. The zero-order valence-electron chi connectivity index (χ0n) is 18.7. The van der Waals surface area contributed by atoms with Crippen molar-refractivity contribution < 1.29 is 4.42 Å². The van der Waals surface area contributed by atoms with Gasteiger partial charge < -0.3 is 4.42 Å². The summed E-state index contributed by atoms with van der Waals surface area (Å²) in [5, 5.41) is 4.61. The van der Waals surface area contributed by atoms with Crippen LogP contribution in [-0.2, 0) is 0 Å². The summed E-state index contributed by atoms with van der Waals surface area (Å²) < 4.78 is 6.28. The van der Waals surface area contributed by atoms with Crippen molar-refractivity contribution in [3.8, 4) is 34.2 Å². The average Bonchev–Trinajstić information content (AvgIpc) is 3.32. The number of fused-ring (bicyclic) bond motifs is 5. The van der Waals surface area contributed by atoms with Gasteiger partial charge in [0.1, 0.15) is 11.2 Å². The summed E-state index contributed by atoms with van der Waals surface area (Å²) >= 11 is 0. The van der Waals surface area contributed by atoms with Gasteiger partial charge in [-0.2, -0.15) is 0 Å². The Balaban J connectivity index is 1.44. The number of aromatic nitrogens is 3. The highest BCUT2D eigenvalue weighted by molar-refractivity contribution is 6.19. The molecule has 4 heteroatoms. The molecule has 2 aromatic heterocycles. The van der Waals surface area contributed by atoms with Crippen molar-refractivity contribution in [3.63, 3.8) is 0 Å². The van der Waals surface area contributed by atoms with Crippen LogP contribution in [-0.4, -0.2) is 15.0 Å². The molecule has 164 valence electrons. The molecule has 0 bridgehead atoms. The lowest BCUT2D eigenvalue weighted by Gasteiger charge is -2.08. The molecule has 7 rings (SSSR count). The number of hydrogen-bond acceptors (Lipinski definition) is 4. The molecule has 0 atom stereocenters. The second kappa shape index (κ2) is 7.89. The van der Waals surface area contributed by atoms with Gasteiger partial charge in [-0.25, -0.2) is 15.0 Å². The van der Waals surface area contributed by atoms with Gasteiger partial charge in [-0.3, -0.25) is 0 Å². The Morgan fingerprint density at radius 2 is 1.03 bits per heavy atom. The summed E-state index contributed by atoms with van der Waals surface area (Å²) in [7, 11) is 0. The van der Waals surface area contributed by atoms with Crippen molar-refractivity contribution >= 4 is 32.7 Å². The highest BCUT2D eigenvalue weighted by Crippen LogP contribution is 2.36. The molecule has 0 saturated heterocycles. The maximum Gasteiger partial charge on any atom is 0.164 e. The minimum Gasteiger partial charge on any atom is -0.456 e. The summed E-state index contributed by atoms with van der Waals surface area (Å²) in [6.07, 6.45) is 0. The van der Waals surface area contributed by atoms with Crippen LogP contribution in [0, 0.1) is 0 Å². The molecule has 0 N–H and O–H groups in total. The van der Waals surface area contributed by atoms with Crippen LogP contribution >= 0.6 is 0 Å². The third-order valence-corrected chi connectivity index (χ3v) is 6.32. The normalized spacial score (nSPS) is 11.4. The van der Waals surface area contributed by atoms with Gasteiger partial charge in [-0.1, -0.05) is 97.1 Å². The molecule has 0 aliphatic heterocycles. The maximum absolute atomic E-state index is 6.28. The SMILES string of the molecule is c1ccc(-c2nc(-c3ccccc3)nc(-c3ccc4c(c3)oc3ccc5ccccc5c34)n2)cc1. The van der Waals surface area contributed by atoms with Crippen molar-refractivity contribution in [2.75, 3.05) is 0 Å². The minimum absolute atomic E-state index is 0.616. The van der Waals surface area contributed by atoms with Gasteiger partial charge in [0.15, 0.2) is 17.5 Å². The monoisotopic (exact) mass is 449 g/mol. The summed E-state index contributed by atoms with van der Waals surface area (Å²) in [6.45, 7) is 0. The van der Waals surface area contributed by atoms with E-state index in [1.807, 2.05) is 72.8 Å². The lowest BCUT2D eigenvalue weighted by atomic mass is 10.0. The topological polar surface area (TPSA) is 51.8 Å². The summed E-state index contributed by atoms with van der Waals surface area (Å²) in [5.74, 6) is 1.90. The Morgan fingerprint density at radius 3 is 1.71 bits per heavy atom.